The first-order chi connectivity index (χ1) is 11.8. The van der Waals surface area contributed by atoms with Crippen LogP contribution in [0.2, 0.25) is 0 Å². The minimum absolute atomic E-state index is 0.0704. The molecule has 1 saturated carbocycles. The number of nitrogens with zero attached hydrogens (tertiary/aromatic N) is 2. The molecular weight excluding hydrogens is 352 g/mol. The van der Waals surface area contributed by atoms with Crippen LogP contribution in [0, 0.1) is 11.6 Å². The fourth-order valence-corrected chi connectivity index (χ4v) is 4.44. The number of halogens is 2. The standard InChI is InChI=1S/C16H21F2N3O3S/c1-11(16(22)19-12-5-6-12)20-7-9-21(10-8-20)25(23,24)15-13(17)3-2-4-14(15)18/h2-4,11-12H,5-10H2,1H3,(H,19,22)/t11-/m0/s1. The van der Waals surface area contributed by atoms with E-state index in [1.54, 1.807) is 6.92 Å². The molecule has 25 heavy (non-hydrogen) atoms. The molecule has 0 radical (unpaired) electrons. The first-order valence-electron chi connectivity index (χ1n) is 8.29. The molecule has 1 N–H and O–H groups in total. The Balaban J connectivity index is 1.66. The quantitative estimate of drug-likeness (QED) is 0.834. The normalized spacial score (nSPS) is 21.1. The van der Waals surface area contributed by atoms with Gasteiger partial charge in [-0.1, -0.05) is 6.07 Å². The molecule has 0 aromatic heterocycles. The molecule has 1 saturated heterocycles. The summed E-state index contributed by atoms with van der Waals surface area (Å²) in [5, 5.41) is 2.92. The van der Waals surface area contributed by atoms with Crippen molar-refractivity contribution in [2.45, 2.75) is 36.7 Å². The van der Waals surface area contributed by atoms with Crippen molar-refractivity contribution in [2.24, 2.45) is 0 Å². The van der Waals surface area contributed by atoms with Crippen LogP contribution in [0.25, 0.3) is 0 Å². The van der Waals surface area contributed by atoms with Gasteiger partial charge in [0.05, 0.1) is 6.04 Å². The Bertz CT molecular complexity index is 740. The maximum absolute atomic E-state index is 13.8. The van der Waals surface area contributed by atoms with Gasteiger partial charge in [-0.25, -0.2) is 17.2 Å². The molecule has 138 valence electrons. The van der Waals surface area contributed by atoms with E-state index >= 15 is 0 Å². The molecule has 0 unspecified atom stereocenters. The van der Waals surface area contributed by atoms with Crippen molar-refractivity contribution < 1.29 is 22.0 Å². The van der Waals surface area contributed by atoms with Crippen LogP contribution in [0.15, 0.2) is 23.1 Å². The van der Waals surface area contributed by atoms with E-state index in [1.807, 2.05) is 4.90 Å². The van der Waals surface area contributed by atoms with Gasteiger partial charge in [0.2, 0.25) is 15.9 Å². The summed E-state index contributed by atoms with van der Waals surface area (Å²) >= 11 is 0. The van der Waals surface area contributed by atoms with Crippen molar-refractivity contribution in [3.63, 3.8) is 0 Å². The number of piperazine rings is 1. The predicted octanol–water partition coefficient (Wildman–Crippen LogP) is 0.938. The Morgan fingerprint density at radius 1 is 1.16 bits per heavy atom. The lowest BCUT2D eigenvalue weighted by atomic mass is 10.2. The number of rotatable bonds is 5. The van der Waals surface area contributed by atoms with Crippen molar-refractivity contribution in [2.75, 3.05) is 26.2 Å². The van der Waals surface area contributed by atoms with Crippen molar-refractivity contribution in [3.05, 3.63) is 29.8 Å². The van der Waals surface area contributed by atoms with Crippen LogP contribution in [0.1, 0.15) is 19.8 Å². The van der Waals surface area contributed by atoms with Gasteiger partial charge in [0.25, 0.3) is 0 Å². The van der Waals surface area contributed by atoms with E-state index in [2.05, 4.69) is 5.32 Å². The highest BCUT2D eigenvalue weighted by atomic mass is 32.2. The average molecular weight is 373 g/mol. The highest BCUT2D eigenvalue weighted by Crippen LogP contribution is 2.24. The number of hydrogen-bond donors (Lipinski definition) is 1. The van der Waals surface area contributed by atoms with E-state index in [1.165, 1.54) is 0 Å². The molecule has 1 aliphatic carbocycles. The Morgan fingerprint density at radius 3 is 2.24 bits per heavy atom. The van der Waals surface area contributed by atoms with Crippen LogP contribution < -0.4 is 5.32 Å². The molecule has 1 aromatic rings. The molecule has 2 aliphatic rings. The molecule has 2 fully saturated rings. The number of sulfonamides is 1. The average Bonchev–Trinajstić information content (AvgIpc) is 3.38. The highest BCUT2D eigenvalue weighted by molar-refractivity contribution is 7.89. The van der Waals surface area contributed by atoms with E-state index in [0.29, 0.717) is 13.1 Å². The lowest BCUT2D eigenvalue weighted by Crippen LogP contribution is -2.55. The van der Waals surface area contributed by atoms with Crippen LogP contribution in [0.5, 0.6) is 0 Å². The minimum atomic E-state index is -4.25. The fourth-order valence-electron chi connectivity index (χ4n) is 2.90. The largest absolute Gasteiger partial charge is 0.352 e. The number of amides is 1. The monoisotopic (exact) mass is 373 g/mol. The van der Waals surface area contributed by atoms with Gasteiger partial charge < -0.3 is 5.32 Å². The summed E-state index contributed by atoms with van der Waals surface area (Å²) in [6.07, 6.45) is 2.00. The van der Waals surface area contributed by atoms with Crippen LogP contribution in [0.3, 0.4) is 0 Å². The fraction of sp³-hybridized carbons (Fsp3) is 0.562. The van der Waals surface area contributed by atoms with E-state index in [4.69, 9.17) is 0 Å². The van der Waals surface area contributed by atoms with E-state index in [9.17, 15) is 22.0 Å². The molecule has 1 atom stereocenters. The van der Waals surface area contributed by atoms with E-state index < -0.39 is 26.6 Å². The van der Waals surface area contributed by atoms with Crippen LogP contribution >= 0.6 is 0 Å². The van der Waals surface area contributed by atoms with Gasteiger partial charge in [-0.05, 0) is 31.9 Å². The SMILES string of the molecule is C[C@@H](C(=O)NC1CC1)N1CCN(S(=O)(=O)c2c(F)cccc2F)CC1. The topological polar surface area (TPSA) is 69.7 Å². The number of carbonyl (C=O) groups excluding carboxylic acids is 1. The van der Waals surface area contributed by atoms with Gasteiger partial charge in [0.1, 0.15) is 11.6 Å². The summed E-state index contributed by atoms with van der Waals surface area (Å²) in [5.41, 5.74) is 0. The Kier molecular flexibility index (Phi) is 5.08. The molecule has 0 spiro atoms. The highest BCUT2D eigenvalue weighted by Gasteiger charge is 2.35. The Labute approximate surface area is 145 Å². The number of hydrogen-bond acceptors (Lipinski definition) is 4. The molecular formula is C16H21F2N3O3S. The van der Waals surface area contributed by atoms with Crippen LogP contribution in [-0.2, 0) is 14.8 Å². The first kappa shape index (κ1) is 18.2. The molecule has 0 bridgehead atoms. The molecule has 1 aromatic carbocycles. The predicted molar refractivity (Wildman–Crippen MR) is 87.3 cm³/mol. The molecule has 9 heteroatoms. The summed E-state index contributed by atoms with van der Waals surface area (Å²) in [6, 6.07) is 2.88. The zero-order valence-electron chi connectivity index (χ0n) is 13.9. The summed E-state index contributed by atoms with van der Waals surface area (Å²) in [4.78, 5) is 13.1. The van der Waals surface area contributed by atoms with Gasteiger partial charge >= 0.3 is 0 Å². The summed E-state index contributed by atoms with van der Waals surface area (Å²) in [6.45, 7) is 2.59. The molecule has 1 aliphatic heterocycles. The molecule has 6 nitrogen and oxygen atoms in total. The zero-order valence-corrected chi connectivity index (χ0v) is 14.7. The Hall–Kier alpha value is -1.58. The first-order valence-corrected chi connectivity index (χ1v) is 9.73. The number of nitrogens with one attached hydrogen (secondary N) is 1. The second kappa shape index (κ2) is 6.97. The second-order valence-corrected chi connectivity index (χ2v) is 8.32. The molecule has 1 amide bonds. The van der Waals surface area contributed by atoms with Crippen molar-refractivity contribution in [1.29, 1.82) is 0 Å². The van der Waals surface area contributed by atoms with Crippen LogP contribution in [-0.4, -0.2) is 61.8 Å². The van der Waals surface area contributed by atoms with Crippen LogP contribution in [0.4, 0.5) is 8.78 Å². The van der Waals surface area contributed by atoms with Crippen molar-refractivity contribution >= 4 is 15.9 Å². The Morgan fingerprint density at radius 2 is 1.72 bits per heavy atom. The number of carbonyl (C=O) groups is 1. The van der Waals surface area contributed by atoms with Crippen molar-refractivity contribution in [3.8, 4) is 0 Å². The van der Waals surface area contributed by atoms with Gasteiger partial charge in [-0.3, -0.25) is 9.69 Å². The molecule has 1 heterocycles. The maximum Gasteiger partial charge on any atom is 0.249 e. The van der Waals surface area contributed by atoms with Gasteiger partial charge in [0, 0.05) is 32.2 Å². The minimum Gasteiger partial charge on any atom is -0.352 e. The van der Waals surface area contributed by atoms with E-state index in [0.717, 1.165) is 35.3 Å². The summed E-state index contributed by atoms with van der Waals surface area (Å²) < 4.78 is 53.8. The molecule has 3 rings (SSSR count). The smallest absolute Gasteiger partial charge is 0.249 e. The number of benzene rings is 1. The van der Waals surface area contributed by atoms with Gasteiger partial charge in [0.15, 0.2) is 4.90 Å². The zero-order chi connectivity index (χ0) is 18.2. The third kappa shape index (κ3) is 3.83. The third-order valence-corrected chi connectivity index (χ3v) is 6.59. The lowest BCUT2D eigenvalue weighted by Gasteiger charge is -2.36. The second-order valence-electron chi connectivity index (χ2n) is 6.45. The maximum atomic E-state index is 13.8. The van der Waals surface area contributed by atoms with Crippen molar-refractivity contribution in [1.82, 2.24) is 14.5 Å². The third-order valence-electron chi connectivity index (χ3n) is 4.64. The van der Waals surface area contributed by atoms with Gasteiger partial charge in [-0.2, -0.15) is 4.31 Å². The summed E-state index contributed by atoms with van der Waals surface area (Å²) in [7, 11) is -4.25. The lowest BCUT2D eigenvalue weighted by molar-refractivity contribution is -0.126. The van der Waals surface area contributed by atoms with E-state index in [-0.39, 0.29) is 31.1 Å². The van der Waals surface area contributed by atoms with Gasteiger partial charge in [-0.15, -0.1) is 0 Å². The summed E-state index contributed by atoms with van der Waals surface area (Å²) in [5.74, 6) is -2.27.